The summed E-state index contributed by atoms with van der Waals surface area (Å²) in [7, 11) is 0. The smallest absolute Gasteiger partial charge is 0.326 e. The number of nitrogens with zero attached hydrogens (tertiary/aromatic N) is 1. The predicted molar refractivity (Wildman–Crippen MR) is 73.5 cm³/mol. The molecule has 1 aromatic rings. The standard InChI is InChI=1S/C11H10BrN3O6/c12-9-5(2-1-3-7(9)15(20)21)10(17)14-6(11(18)19)4-8(13)16/h1-3,6H,4H2,(H2,13,16)(H,14,17)(H,18,19)/t6-/m0/s1. The van der Waals surface area contributed by atoms with Gasteiger partial charge in [-0.15, -0.1) is 0 Å². The van der Waals surface area contributed by atoms with Gasteiger partial charge in [-0.3, -0.25) is 19.7 Å². The van der Waals surface area contributed by atoms with Crippen molar-refractivity contribution in [1.82, 2.24) is 5.32 Å². The van der Waals surface area contributed by atoms with Crippen molar-refractivity contribution in [3.63, 3.8) is 0 Å². The lowest BCUT2D eigenvalue weighted by Gasteiger charge is -2.13. The van der Waals surface area contributed by atoms with Crippen LogP contribution in [0.3, 0.4) is 0 Å². The summed E-state index contributed by atoms with van der Waals surface area (Å²) in [6, 6.07) is 2.22. The van der Waals surface area contributed by atoms with E-state index in [4.69, 9.17) is 10.8 Å². The summed E-state index contributed by atoms with van der Waals surface area (Å²) in [6.07, 6.45) is -0.590. The van der Waals surface area contributed by atoms with Gasteiger partial charge >= 0.3 is 5.97 Å². The number of carbonyl (C=O) groups excluding carboxylic acids is 2. The highest BCUT2D eigenvalue weighted by Gasteiger charge is 2.25. The highest BCUT2D eigenvalue weighted by Crippen LogP contribution is 2.28. The first-order chi connectivity index (χ1) is 9.73. The molecule has 0 radical (unpaired) electrons. The zero-order valence-electron chi connectivity index (χ0n) is 10.4. The van der Waals surface area contributed by atoms with Gasteiger partial charge in [0.1, 0.15) is 10.5 Å². The summed E-state index contributed by atoms with van der Waals surface area (Å²) in [6.45, 7) is 0. The summed E-state index contributed by atoms with van der Waals surface area (Å²) in [5.41, 5.74) is 4.42. The molecule has 10 heteroatoms. The Labute approximate surface area is 126 Å². The number of nitrogens with one attached hydrogen (secondary N) is 1. The molecular formula is C11H10BrN3O6. The molecule has 21 heavy (non-hydrogen) atoms. The summed E-state index contributed by atoms with van der Waals surface area (Å²) < 4.78 is -0.0873. The third-order valence-electron chi connectivity index (χ3n) is 2.43. The van der Waals surface area contributed by atoms with Crippen LogP contribution in [0.4, 0.5) is 5.69 Å². The van der Waals surface area contributed by atoms with E-state index >= 15 is 0 Å². The Morgan fingerprint density at radius 1 is 1.43 bits per heavy atom. The van der Waals surface area contributed by atoms with Crippen LogP contribution in [0.5, 0.6) is 0 Å². The van der Waals surface area contributed by atoms with Gasteiger partial charge in [0.15, 0.2) is 0 Å². The second-order valence-electron chi connectivity index (χ2n) is 3.93. The van der Waals surface area contributed by atoms with Gasteiger partial charge in [-0.05, 0) is 22.0 Å². The molecule has 1 atom stereocenters. The fourth-order valence-electron chi connectivity index (χ4n) is 1.47. The predicted octanol–water partition coefficient (Wildman–Crippen LogP) is 0.416. The number of carboxylic acids is 1. The zero-order chi connectivity index (χ0) is 16.2. The Hall–Kier alpha value is -2.49. The van der Waals surface area contributed by atoms with Gasteiger partial charge in [0, 0.05) is 6.07 Å². The number of nitro groups is 1. The number of amides is 2. The highest BCUT2D eigenvalue weighted by atomic mass is 79.9. The third kappa shape index (κ3) is 4.24. The topological polar surface area (TPSA) is 153 Å². The normalized spacial score (nSPS) is 11.5. The van der Waals surface area contributed by atoms with Gasteiger partial charge in [0.25, 0.3) is 11.6 Å². The number of carbonyl (C=O) groups is 3. The first-order valence-electron chi connectivity index (χ1n) is 5.49. The molecule has 0 aliphatic carbocycles. The number of benzene rings is 1. The molecule has 0 bridgehead atoms. The van der Waals surface area contributed by atoms with Crippen LogP contribution in [0.25, 0.3) is 0 Å². The van der Waals surface area contributed by atoms with Crippen LogP contribution in [0, 0.1) is 10.1 Å². The molecule has 0 unspecified atom stereocenters. The SMILES string of the molecule is NC(=O)C[C@H](NC(=O)c1cccc([N+](=O)[O-])c1Br)C(=O)O. The van der Waals surface area contributed by atoms with E-state index in [1.165, 1.54) is 18.2 Å². The average molecular weight is 360 g/mol. The number of nitrogens with two attached hydrogens (primary N) is 1. The van der Waals surface area contributed by atoms with Crippen molar-refractivity contribution in [2.75, 3.05) is 0 Å². The molecule has 1 aromatic carbocycles. The van der Waals surface area contributed by atoms with E-state index in [0.717, 1.165) is 0 Å². The maximum Gasteiger partial charge on any atom is 0.326 e. The van der Waals surface area contributed by atoms with Crippen molar-refractivity contribution in [2.45, 2.75) is 12.5 Å². The van der Waals surface area contributed by atoms with E-state index in [-0.39, 0.29) is 15.7 Å². The van der Waals surface area contributed by atoms with Crippen LogP contribution in [0.15, 0.2) is 22.7 Å². The minimum atomic E-state index is -1.51. The number of hydrogen-bond acceptors (Lipinski definition) is 5. The van der Waals surface area contributed by atoms with Gasteiger partial charge in [-0.25, -0.2) is 4.79 Å². The van der Waals surface area contributed by atoms with Crippen molar-refractivity contribution in [3.8, 4) is 0 Å². The molecule has 112 valence electrons. The Balaban J connectivity index is 3.03. The van der Waals surface area contributed by atoms with Crippen LogP contribution < -0.4 is 11.1 Å². The molecule has 9 nitrogen and oxygen atoms in total. The average Bonchev–Trinajstić information content (AvgIpc) is 2.36. The lowest BCUT2D eigenvalue weighted by Crippen LogP contribution is -2.43. The van der Waals surface area contributed by atoms with E-state index < -0.39 is 35.2 Å². The molecule has 0 heterocycles. The Kier molecular flexibility index (Phi) is 5.36. The molecule has 0 saturated carbocycles. The number of aliphatic carboxylic acids is 1. The largest absolute Gasteiger partial charge is 0.480 e. The molecule has 0 aromatic heterocycles. The van der Waals surface area contributed by atoms with E-state index in [1.807, 2.05) is 0 Å². The molecule has 0 aliphatic rings. The molecular weight excluding hydrogens is 350 g/mol. The number of hydrogen-bond donors (Lipinski definition) is 3. The fourth-order valence-corrected chi connectivity index (χ4v) is 2.06. The molecule has 4 N–H and O–H groups in total. The highest BCUT2D eigenvalue weighted by molar-refractivity contribution is 9.10. The van der Waals surface area contributed by atoms with Crippen molar-refractivity contribution in [2.24, 2.45) is 5.73 Å². The molecule has 1 rings (SSSR count). The van der Waals surface area contributed by atoms with Crippen LogP contribution in [0.1, 0.15) is 16.8 Å². The van der Waals surface area contributed by atoms with Gasteiger partial charge in [-0.2, -0.15) is 0 Å². The van der Waals surface area contributed by atoms with E-state index in [1.54, 1.807) is 0 Å². The van der Waals surface area contributed by atoms with Crippen molar-refractivity contribution in [1.29, 1.82) is 0 Å². The van der Waals surface area contributed by atoms with Gasteiger partial charge in [0.05, 0.1) is 16.9 Å². The van der Waals surface area contributed by atoms with Crippen LogP contribution >= 0.6 is 15.9 Å². The maximum atomic E-state index is 12.0. The Morgan fingerprint density at radius 3 is 2.52 bits per heavy atom. The number of rotatable bonds is 6. The Morgan fingerprint density at radius 2 is 2.05 bits per heavy atom. The van der Waals surface area contributed by atoms with Crippen LogP contribution in [-0.2, 0) is 9.59 Å². The maximum absolute atomic E-state index is 12.0. The summed E-state index contributed by atoms with van der Waals surface area (Å²) in [5, 5.41) is 21.7. The second-order valence-corrected chi connectivity index (χ2v) is 4.72. The minimum Gasteiger partial charge on any atom is -0.480 e. The number of halogens is 1. The van der Waals surface area contributed by atoms with Crippen LogP contribution in [0.2, 0.25) is 0 Å². The quantitative estimate of drug-likeness (QED) is 0.494. The second kappa shape index (κ2) is 6.79. The minimum absolute atomic E-state index is 0.0873. The van der Waals surface area contributed by atoms with E-state index in [9.17, 15) is 24.5 Å². The molecule has 0 aliphatic heterocycles. The number of carboxylic acid groups (broad SMARTS) is 1. The van der Waals surface area contributed by atoms with Crippen molar-refractivity contribution >= 4 is 39.4 Å². The number of primary amides is 1. The summed E-state index contributed by atoms with van der Waals surface area (Å²) in [5.74, 6) is -3.22. The lowest BCUT2D eigenvalue weighted by molar-refractivity contribution is -0.385. The fraction of sp³-hybridized carbons (Fsp3) is 0.182. The summed E-state index contributed by atoms with van der Waals surface area (Å²) >= 11 is 2.92. The first-order valence-corrected chi connectivity index (χ1v) is 6.28. The lowest BCUT2D eigenvalue weighted by atomic mass is 10.1. The molecule has 2 amide bonds. The van der Waals surface area contributed by atoms with E-state index in [2.05, 4.69) is 21.2 Å². The number of nitro benzene ring substituents is 1. The molecule has 0 spiro atoms. The van der Waals surface area contributed by atoms with E-state index in [0.29, 0.717) is 0 Å². The molecule has 0 saturated heterocycles. The van der Waals surface area contributed by atoms with Crippen LogP contribution in [-0.4, -0.2) is 33.9 Å². The molecule has 0 fully saturated rings. The third-order valence-corrected chi connectivity index (χ3v) is 3.26. The van der Waals surface area contributed by atoms with Gasteiger partial charge in [0.2, 0.25) is 5.91 Å². The monoisotopic (exact) mass is 359 g/mol. The van der Waals surface area contributed by atoms with Crippen molar-refractivity contribution < 1.29 is 24.4 Å². The van der Waals surface area contributed by atoms with Crippen molar-refractivity contribution in [3.05, 3.63) is 38.3 Å². The van der Waals surface area contributed by atoms with Gasteiger partial charge < -0.3 is 16.2 Å². The van der Waals surface area contributed by atoms with Gasteiger partial charge in [-0.1, -0.05) is 6.07 Å². The Bertz CT molecular complexity index is 618. The zero-order valence-corrected chi connectivity index (χ0v) is 12.0. The first kappa shape index (κ1) is 16.6. The summed E-state index contributed by atoms with van der Waals surface area (Å²) in [4.78, 5) is 43.7.